The van der Waals surface area contributed by atoms with Gasteiger partial charge in [-0.25, -0.2) is 9.59 Å². The molecular formula is C13H17NO9. The number of hydrogen-bond donors (Lipinski definition) is 7. The largest absolute Gasteiger partial charge is 0.479 e. The van der Waals surface area contributed by atoms with Gasteiger partial charge < -0.3 is 41.1 Å². The Hall–Kier alpha value is -2.24. The van der Waals surface area contributed by atoms with Gasteiger partial charge >= 0.3 is 11.9 Å². The summed E-state index contributed by atoms with van der Waals surface area (Å²) in [5.74, 6) is -2.50. The number of aliphatic carboxylic acids is 1. The van der Waals surface area contributed by atoms with Crippen LogP contribution in [0.4, 0.5) is 5.69 Å². The third-order valence-corrected chi connectivity index (χ3v) is 3.02. The minimum Gasteiger partial charge on any atom is -0.479 e. The van der Waals surface area contributed by atoms with Crippen molar-refractivity contribution < 1.29 is 45.0 Å². The second kappa shape index (κ2) is 7.85. The summed E-state index contributed by atoms with van der Waals surface area (Å²) in [6.07, 6.45) is -8.72. The van der Waals surface area contributed by atoms with E-state index in [1.807, 2.05) is 0 Å². The summed E-state index contributed by atoms with van der Waals surface area (Å²) >= 11 is 0. The van der Waals surface area contributed by atoms with Crippen LogP contribution in [0.5, 0.6) is 0 Å². The molecule has 5 atom stereocenters. The molecule has 0 aliphatic carbocycles. The molecule has 0 amide bonds. The van der Waals surface area contributed by atoms with Crippen molar-refractivity contribution in [3.05, 3.63) is 29.8 Å². The number of para-hydroxylation sites is 1. The molecule has 0 bridgehead atoms. The molecule has 1 saturated heterocycles. The summed E-state index contributed by atoms with van der Waals surface area (Å²) in [7, 11) is 0. The third-order valence-electron chi connectivity index (χ3n) is 3.02. The topological polar surface area (TPSA) is 191 Å². The molecule has 1 aromatic carbocycles. The maximum atomic E-state index is 10.4. The van der Waals surface area contributed by atoms with E-state index in [-0.39, 0.29) is 5.56 Å². The highest BCUT2D eigenvalue weighted by molar-refractivity contribution is 5.93. The number of aliphatic hydroxyl groups excluding tert-OH is 4. The number of rotatable bonds is 2. The first-order chi connectivity index (χ1) is 10.7. The van der Waals surface area contributed by atoms with E-state index in [0.717, 1.165) is 0 Å². The van der Waals surface area contributed by atoms with Gasteiger partial charge in [-0.15, -0.1) is 0 Å². The zero-order valence-electron chi connectivity index (χ0n) is 11.7. The lowest BCUT2D eigenvalue weighted by molar-refractivity contribution is -0.279. The van der Waals surface area contributed by atoms with Gasteiger partial charge in [0.1, 0.15) is 18.3 Å². The van der Waals surface area contributed by atoms with Crippen LogP contribution < -0.4 is 5.73 Å². The van der Waals surface area contributed by atoms with E-state index in [2.05, 4.69) is 4.74 Å². The van der Waals surface area contributed by atoms with Gasteiger partial charge in [0.2, 0.25) is 0 Å². The van der Waals surface area contributed by atoms with E-state index in [0.29, 0.717) is 5.69 Å². The van der Waals surface area contributed by atoms with Gasteiger partial charge in [0.05, 0.1) is 5.56 Å². The van der Waals surface area contributed by atoms with E-state index in [4.69, 9.17) is 36.4 Å². The summed E-state index contributed by atoms with van der Waals surface area (Å²) in [4.78, 5) is 20.7. The average molecular weight is 331 g/mol. The number of aliphatic hydroxyl groups is 4. The Bertz CT molecular complexity index is 564. The molecular weight excluding hydrogens is 314 g/mol. The maximum absolute atomic E-state index is 10.4. The Balaban J connectivity index is 0.000000238. The molecule has 1 aromatic rings. The SMILES string of the molecule is Nc1ccccc1C(=O)O.O=C(O)[C@H]1OC(O)[C@H](O)[C@@H](O)[C@@H]1O. The summed E-state index contributed by atoms with van der Waals surface area (Å²) in [5.41, 5.74) is 5.80. The fourth-order valence-electron chi connectivity index (χ4n) is 1.76. The van der Waals surface area contributed by atoms with Crippen LogP contribution >= 0.6 is 0 Å². The van der Waals surface area contributed by atoms with Gasteiger partial charge in [0.15, 0.2) is 12.4 Å². The minimum atomic E-state index is -1.81. The number of ether oxygens (including phenoxy) is 1. The average Bonchev–Trinajstić information content (AvgIpc) is 2.49. The number of anilines is 1. The number of benzene rings is 1. The normalized spacial score (nSPS) is 30.0. The maximum Gasteiger partial charge on any atom is 0.337 e. The van der Waals surface area contributed by atoms with E-state index in [1.165, 1.54) is 6.07 Å². The molecule has 0 spiro atoms. The first kappa shape index (κ1) is 18.8. The molecule has 0 saturated carbocycles. The molecule has 23 heavy (non-hydrogen) atoms. The van der Waals surface area contributed by atoms with Crippen LogP contribution in [0.15, 0.2) is 24.3 Å². The van der Waals surface area contributed by atoms with Crippen LogP contribution in [0.3, 0.4) is 0 Å². The van der Waals surface area contributed by atoms with Crippen molar-refractivity contribution in [1.82, 2.24) is 0 Å². The van der Waals surface area contributed by atoms with Crippen molar-refractivity contribution in [2.24, 2.45) is 0 Å². The number of carboxylic acid groups (broad SMARTS) is 2. The van der Waals surface area contributed by atoms with Gasteiger partial charge in [0, 0.05) is 5.69 Å². The molecule has 0 aromatic heterocycles. The summed E-state index contributed by atoms with van der Waals surface area (Å²) < 4.78 is 4.34. The van der Waals surface area contributed by atoms with Gasteiger partial charge in [-0.05, 0) is 12.1 Å². The van der Waals surface area contributed by atoms with E-state index >= 15 is 0 Å². The monoisotopic (exact) mass is 331 g/mol. The number of nitrogen functional groups attached to an aromatic ring is 1. The smallest absolute Gasteiger partial charge is 0.337 e. The van der Waals surface area contributed by atoms with Crippen molar-refractivity contribution >= 4 is 17.6 Å². The van der Waals surface area contributed by atoms with Crippen molar-refractivity contribution in [3.8, 4) is 0 Å². The lowest BCUT2D eigenvalue weighted by atomic mass is 9.99. The molecule has 128 valence electrons. The second-order valence-corrected chi connectivity index (χ2v) is 4.65. The highest BCUT2D eigenvalue weighted by atomic mass is 16.6. The van der Waals surface area contributed by atoms with Gasteiger partial charge in [-0.3, -0.25) is 0 Å². The van der Waals surface area contributed by atoms with Crippen LogP contribution in [0.1, 0.15) is 10.4 Å². The minimum absolute atomic E-state index is 0.155. The Morgan fingerprint density at radius 1 is 0.957 bits per heavy atom. The first-order valence-electron chi connectivity index (χ1n) is 6.35. The highest BCUT2D eigenvalue weighted by Gasteiger charge is 2.46. The lowest BCUT2D eigenvalue weighted by Gasteiger charge is -2.36. The molecule has 8 N–H and O–H groups in total. The quantitative estimate of drug-likeness (QED) is 0.294. The van der Waals surface area contributed by atoms with Crippen LogP contribution in [-0.2, 0) is 9.53 Å². The van der Waals surface area contributed by atoms with Crippen LogP contribution in [-0.4, -0.2) is 73.3 Å². The van der Waals surface area contributed by atoms with E-state index in [1.54, 1.807) is 18.2 Å². The molecule has 1 aliphatic heterocycles. The number of carbonyl (C=O) groups is 2. The number of nitrogens with two attached hydrogens (primary N) is 1. The second-order valence-electron chi connectivity index (χ2n) is 4.65. The van der Waals surface area contributed by atoms with E-state index < -0.39 is 42.6 Å². The Labute approximate surface area is 130 Å². The van der Waals surface area contributed by atoms with Crippen molar-refractivity contribution in [2.75, 3.05) is 5.73 Å². The highest BCUT2D eigenvalue weighted by Crippen LogP contribution is 2.19. The van der Waals surface area contributed by atoms with Crippen LogP contribution in [0, 0.1) is 0 Å². The molecule has 2 rings (SSSR count). The van der Waals surface area contributed by atoms with Gasteiger partial charge in [-0.2, -0.15) is 0 Å². The predicted octanol–water partition coefficient (Wildman–Crippen LogP) is -2.16. The first-order valence-corrected chi connectivity index (χ1v) is 6.35. The van der Waals surface area contributed by atoms with Crippen LogP contribution in [0.2, 0.25) is 0 Å². The Morgan fingerprint density at radius 2 is 1.52 bits per heavy atom. The van der Waals surface area contributed by atoms with Crippen LogP contribution in [0.25, 0.3) is 0 Å². The van der Waals surface area contributed by atoms with Crippen molar-refractivity contribution in [2.45, 2.75) is 30.7 Å². The molecule has 1 aliphatic rings. The fraction of sp³-hybridized carbons (Fsp3) is 0.385. The molecule has 1 heterocycles. The van der Waals surface area contributed by atoms with Gasteiger partial charge in [-0.1, -0.05) is 12.1 Å². The lowest BCUT2D eigenvalue weighted by Crippen LogP contribution is -2.59. The number of aromatic carboxylic acids is 1. The van der Waals surface area contributed by atoms with Gasteiger partial charge in [0.25, 0.3) is 0 Å². The van der Waals surface area contributed by atoms with E-state index in [9.17, 15) is 9.59 Å². The Kier molecular flexibility index (Phi) is 6.42. The summed E-state index contributed by atoms with van der Waals surface area (Å²) in [6, 6.07) is 6.36. The molecule has 1 fully saturated rings. The predicted molar refractivity (Wildman–Crippen MR) is 74.3 cm³/mol. The Morgan fingerprint density at radius 3 is 1.96 bits per heavy atom. The number of hydrogen-bond acceptors (Lipinski definition) is 8. The number of carboxylic acids is 2. The molecule has 0 radical (unpaired) electrons. The zero-order chi connectivity index (χ0) is 17.7. The molecule has 1 unspecified atom stereocenters. The summed E-state index contributed by atoms with van der Waals surface area (Å²) in [6.45, 7) is 0. The third kappa shape index (κ3) is 4.61. The fourth-order valence-corrected chi connectivity index (χ4v) is 1.76. The molecule has 10 heteroatoms. The zero-order valence-corrected chi connectivity index (χ0v) is 11.7. The van der Waals surface area contributed by atoms with Crippen molar-refractivity contribution in [3.63, 3.8) is 0 Å². The molecule has 10 nitrogen and oxygen atoms in total. The van der Waals surface area contributed by atoms with Crippen molar-refractivity contribution in [1.29, 1.82) is 0 Å². The summed E-state index contributed by atoms with van der Waals surface area (Å²) in [5, 5.41) is 52.8. The standard InChI is InChI=1S/C7H7NO2.C6H10O7/c8-6-4-2-1-3-5(6)7(9)10;7-1-2(8)4(5(10)11)13-6(12)3(1)9/h1-4H,8H2,(H,9,10);1-4,6-9,12H,(H,10,11)/t;1-,2-,3+,4-,6?/m.0/s1.